The molecule has 0 atom stereocenters. The van der Waals surface area contributed by atoms with E-state index in [4.69, 9.17) is 16.3 Å². The van der Waals surface area contributed by atoms with Crippen LogP contribution in [0.3, 0.4) is 0 Å². The van der Waals surface area contributed by atoms with Crippen LogP contribution in [0.2, 0.25) is 5.02 Å². The molecule has 36 heavy (non-hydrogen) atoms. The van der Waals surface area contributed by atoms with Gasteiger partial charge in [-0.05, 0) is 44.0 Å². The highest BCUT2D eigenvalue weighted by Gasteiger charge is 2.28. The molecule has 2 heterocycles. The van der Waals surface area contributed by atoms with E-state index in [1.807, 2.05) is 12.1 Å². The minimum Gasteiger partial charge on any atom is -0.495 e. The summed E-state index contributed by atoms with van der Waals surface area (Å²) in [5, 5.41) is 4.04. The molecule has 1 saturated heterocycles. The number of rotatable bonds is 6. The van der Waals surface area contributed by atoms with Crippen molar-refractivity contribution in [2.45, 2.75) is 33.2 Å². The van der Waals surface area contributed by atoms with Gasteiger partial charge in [0.05, 0.1) is 28.8 Å². The van der Waals surface area contributed by atoms with Crippen molar-refractivity contribution in [1.82, 2.24) is 19.8 Å². The number of piperazine rings is 1. The number of hydrogen-bond acceptors (Lipinski definition) is 6. The van der Waals surface area contributed by atoms with E-state index in [9.17, 15) is 4.39 Å². The molecule has 0 unspecified atom stereocenters. The van der Waals surface area contributed by atoms with Gasteiger partial charge in [-0.2, -0.15) is 0 Å². The maximum absolute atomic E-state index is 13.6. The maximum atomic E-state index is 13.6. The lowest BCUT2D eigenvalue weighted by Gasteiger charge is -2.42. The van der Waals surface area contributed by atoms with E-state index in [1.54, 1.807) is 13.2 Å². The van der Waals surface area contributed by atoms with Crippen LogP contribution in [-0.2, 0) is 0 Å². The summed E-state index contributed by atoms with van der Waals surface area (Å²) in [6, 6.07) is 8.26. The Bertz CT molecular complexity index is 1290. The largest absolute Gasteiger partial charge is 0.495 e. The zero-order valence-corrected chi connectivity index (χ0v) is 22.3. The molecule has 2 aromatic carbocycles. The van der Waals surface area contributed by atoms with Crippen molar-refractivity contribution in [3.05, 3.63) is 53.1 Å². The molecule has 1 aromatic heterocycles. The molecule has 1 fully saturated rings. The third-order valence-electron chi connectivity index (χ3n) is 6.43. The van der Waals surface area contributed by atoms with Crippen molar-refractivity contribution in [2.75, 3.05) is 45.2 Å². The number of aromatic nitrogens is 2. The third kappa shape index (κ3) is 6.07. The molecule has 1 N–H and O–H groups in total. The van der Waals surface area contributed by atoms with Gasteiger partial charge in [-0.3, -0.25) is 4.90 Å². The predicted molar refractivity (Wildman–Crippen MR) is 145 cm³/mol. The van der Waals surface area contributed by atoms with Crippen LogP contribution in [0.15, 0.2) is 36.7 Å². The second-order valence-electron chi connectivity index (χ2n) is 10.0. The minimum absolute atomic E-state index is 0.0406. The fourth-order valence-electron chi connectivity index (χ4n) is 4.47. The van der Waals surface area contributed by atoms with Crippen LogP contribution >= 0.6 is 11.6 Å². The molecule has 0 saturated carbocycles. The molecule has 0 aliphatic carbocycles. The lowest BCUT2D eigenvalue weighted by Crippen LogP contribution is -2.54. The molecule has 0 bridgehead atoms. The maximum Gasteiger partial charge on any atom is 0.141 e. The zero-order valence-electron chi connectivity index (χ0n) is 21.5. The van der Waals surface area contributed by atoms with E-state index < -0.39 is 5.82 Å². The molecule has 0 spiro atoms. The lowest BCUT2D eigenvalue weighted by molar-refractivity contribution is 0.0751. The normalized spacial score (nSPS) is 15.1. The molecule has 1 aliphatic rings. The van der Waals surface area contributed by atoms with Crippen molar-refractivity contribution in [3.8, 4) is 17.6 Å². The first-order chi connectivity index (χ1) is 17.2. The zero-order chi connectivity index (χ0) is 25.9. The van der Waals surface area contributed by atoms with Gasteiger partial charge < -0.3 is 15.0 Å². The summed E-state index contributed by atoms with van der Waals surface area (Å²) in [6.45, 7) is 14.1. The first kappa shape index (κ1) is 26.2. The summed E-state index contributed by atoms with van der Waals surface area (Å²) >= 11 is 5.95. The summed E-state index contributed by atoms with van der Waals surface area (Å²) in [6.07, 6.45) is 1.47. The fraction of sp³-hybridized carbons (Fsp3) is 0.429. The number of ether oxygens (including phenoxy) is 1. The van der Waals surface area contributed by atoms with Gasteiger partial charge in [-0.1, -0.05) is 37.3 Å². The van der Waals surface area contributed by atoms with E-state index in [-0.39, 0.29) is 10.6 Å². The lowest BCUT2D eigenvalue weighted by atomic mass is 10.0. The van der Waals surface area contributed by atoms with Crippen LogP contribution < -0.4 is 10.1 Å². The van der Waals surface area contributed by atoms with E-state index in [0.29, 0.717) is 28.7 Å². The monoisotopic (exact) mass is 509 g/mol. The Balaban J connectivity index is 1.61. The number of hydrogen-bond donors (Lipinski definition) is 1. The van der Waals surface area contributed by atoms with Crippen molar-refractivity contribution >= 4 is 34.0 Å². The summed E-state index contributed by atoms with van der Waals surface area (Å²) in [4.78, 5) is 13.8. The van der Waals surface area contributed by atoms with Crippen molar-refractivity contribution in [2.24, 2.45) is 5.92 Å². The standard InChI is InChI=1S/C28H33ClFN5O/c1-19(2)17-34-10-12-35(13-11-34)28(3,4)9-8-20-14-22-25(16-26(20)36-5)31-18-32-27(22)33-21-6-7-24(30)23(29)15-21/h6-7,14-16,18-19H,10-13,17H2,1-5H3,(H,31,32,33). The predicted octanol–water partition coefficient (Wildman–Crippen LogP) is 5.58. The van der Waals surface area contributed by atoms with Crippen LogP contribution in [0.1, 0.15) is 33.3 Å². The van der Waals surface area contributed by atoms with Gasteiger partial charge in [0.2, 0.25) is 0 Å². The smallest absolute Gasteiger partial charge is 0.141 e. The van der Waals surface area contributed by atoms with Gasteiger partial charge in [-0.25, -0.2) is 14.4 Å². The second-order valence-corrected chi connectivity index (χ2v) is 10.4. The molecule has 4 rings (SSSR count). The Labute approximate surface area is 217 Å². The highest BCUT2D eigenvalue weighted by atomic mass is 35.5. The molecule has 8 heteroatoms. The Morgan fingerprint density at radius 2 is 1.89 bits per heavy atom. The molecular formula is C28H33ClFN5O. The fourth-order valence-corrected chi connectivity index (χ4v) is 4.65. The molecule has 1 aliphatic heterocycles. The highest BCUT2D eigenvalue weighted by molar-refractivity contribution is 6.31. The third-order valence-corrected chi connectivity index (χ3v) is 6.72. The second kappa shape index (κ2) is 11.0. The number of methoxy groups -OCH3 is 1. The SMILES string of the molecule is COc1cc2ncnc(Nc3ccc(F)c(Cl)c3)c2cc1C#CC(C)(C)N1CCN(CC(C)C)CC1. The van der Waals surface area contributed by atoms with E-state index in [2.05, 4.69) is 64.6 Å². The number of anilines is 2. The number of halogens is 2. The van der Waals surface area contributed by atoms with Gasteiger partial charge in [-0.15, -0.1) is 0 Å². The van der Waals surface area contributed by atoms with Crippen LogP contribution in [0.5, 0.6) is 5.75 Å². The first-order valence-corrected chi connectivity index (χ1v) is 12.6. The van der Waals surface area contributed by atoms with Crippen molar-refractivity contribution in [1.29, 1.82) is 0 Å². The Morgan fingerprint density at radius 1 is 1.14 bits per heavy atom. The van der Waals surface area contributed by atoms with E-state index in [1.165, 1.54) is 18.5 Å². The molecule has 0 amide bonds. The summed E-state index contributed by atoms with van der Waals surface area (Å²) < 4.78 is 19.2. The number of benzene rings is 2. The Hall–Kier alpha value is -2.92. The van der Waals surface area contributed by atoms with E-state index >= 15 is 0 Å². The molecule has 190 valence electrons. The van der Waals surface area contributed by atoms with Crippen LogP contribution in [0.25, 0.3) is 10.9 Å². The van der Waals surface area contributed by atoms with Gasteiger partial charge >= 0.3 is 0 Å². The molecule has 0 radical (unpaired) electrons. The van der Waals surface area contributed by atoms with Gasteiger partial charge in [0, 0.05) is 49.9 Å². The summed E-state index contributed by atoms with van der Waals surface area (Å²) in [7, 11) is 1.63. The van der Waals surface area contributed by atoms with Gasteiger partial charge in [0.1, 0.15) is 23.7 Å². The van der Waals surface area contributed by atoms with Gasteiger partial charge in [0.25, 0.3) is 0 Å². The molecule has 3 aromatic rings. The summed E-state index contributed by atoms with van der Waals surface area (Å²) in [5.74, 6) is 8.28. The van der Waals surface area contributed by atoms with Crippen molar-refractivity contribution in [3.63, 3.8) is 0 Å². The molecular weight excluding hydrogens is 477 g/mol. The number of nitrogens with one attached hydrogen (secondary N) is 1. The Kier molecular flexibility index (Phi) is 7.99. The van der Waals surface area contributed by atoms with Gasteiger partial charge in [0.15, 0.2) is 0 Å². The average Bonchev–Trinajstić information content (AvgIpc) is 2.84. The molecule has 6 nitrogen and oxygen atoms in total. The number of fused-ring (bicyclic) bond motifs is 1. The minimum atomic E-state index is -0.471. The van der Waals surface area contributed by atoms with Crippen LogP contribution in [0.4, 0.5) is 15.9 Å². The summed E-state index contributed by atoms with van der Waals surface area (Å²) in [5.41, 5.74) is 1.81. The van der Waals surface area contributed by atoms with Crippen molar-refractivity contribution < 1.29 is 9.13 Å². The highest BCUT2D eigenvalue weighted by Crippen LogP contribution is 2.30. The average molecular weight is 510 g/mol. The first-order valence-electron chi connectivity index (χ1n) is 12.2. The Morgan fingerprint density at radius 3 is 2.56 bits per heavy atom. The van der Waals surface area contributed by atoms with E-state index in [0.717, 1.165) is 43.7 Å². The van der Waals surface area contributed by atoms with Crippen LogP contribution in [-0.4, -0.2) is 65.1 Å². The quantitative estimate of drug-likeness (QED) is 0.438. The van der Waals surface area contributed by atoms with Crippen LogP contribution in [0, 0.1) is 23.6 Å². The topological polar surface area (TPSA) is 53.5 Å². The number of nitrogens with zero attached hydrogens (tertiary/aromatic N) is 4.